The first-order chi connectivity index (χ1) is 15.5. The number of Topliss-reactive ketones (excluding diaryl/α,β-unsaturated/α-hetero) is 1. The zero-order chi connectivity index (χ0) is 24.2. The summed E-state index contributed by atoms with van der Waals surface area (Å²) < 4.78 is 39.7. The number of anilines is 1. The van der Waals surface area contributed by atoms with Gasteiger partial charge in [0.15, 0.2) is 11.2 Å². The molecule has 13 heteroatoms. The van der Waals surface area contributed by atoms with E-state index in [2.05, 4.69) is 20.0 Å². The number of nitrogens with two attached hydrogens (primary N) is 1. The predicted molar refractivity (Wildman–Crippen MR) is 120 cm³/mol. The molecule has 1 aromatic carbocycles. The number of nitrogens with one attached hydrogen (secondary N) is 2. The number of hydrogen-bond donors (Lipinski definition) is 3. The summed E-state index contributed by atoms with van der Waals surface area (Å²) in [6, 6.07) is 5.71. The van der Waals surface area contributed by atoms with Gasteiger partial charge in [-0.1, -0.05) is 12.1 Å². The van der Waals surface area contributed by atoms with Crippen LogP contribution < -0.4 is 16.4 Å². The Bertz CT molecular complexity index is 1260. The van der Waals surface area contributed by atoms with Crippen LogP contribution in [-0.4, -0.2) is 43.8 Å². The van der Waals surface area contributed by atoms with E-state index in [4.69, 9.17) is 15.0 Å². The second-order valence-electron chi connectivity index (χ2n) is 7.97. The van der Waals surface area contributed by atoms with E-state index >= 15 is 0 Å². The predicted octanol–water partition coefficient (Wildman–Crippen LogP) is 2.18. The number of nitrogens with zero attached hydrogens (tertiary/aromatic N) is 3. The van der Waals surface area contributed by atoms with Gasteiger partial charge >= 0.3 is 0 Å². The van der Waals surface area contributed by atoms with Crippen molar-refractivity contribution in [2.75, 3.05) is 18.7 Å². The van der Waals surface area contributed by atoms with E-state index in [0.29, 0.717) is 11.2 Å². The number of carbonyl (C=O) groups excluding carboxylic acids is 1. The molecular weight excluding hydrogens is 454 g/mol. The third kappa shape index (κ3) is 6.32. The van der Waals surface area contributed by atoms with Crippen LogP contribution in [0.25, 0.3) is 11.2 Å². The molecule has 0 fully saturated rings. The Balaban J connectivity index is 1.67. The minimum Gasteiger partial charge on any atom is -0.369 e. The van der Waals surface area contributed by atoms with Gasteiger partial charge in [0.1, 0.15) is 17.9 Å². The number of H-pyrrole nitrogens is 1. The number of fused-ring (bicyclic) bond motifs is 1. The van der Waals surface area contributed by atoms with Crippen molar-refractivity contribution in [2.45, 2.75) is 39.5 Å². The van der Waals surface area contributed by atoms with Crippen LogP contribution in [0.3, 0.4) is 0 Å². The van der Waals surface area contributed by atoms with E-state index in [-0.39, 0.29) is 43.4 Å². The lowest BCUT2D eigenvalue weighted by Crippen LogP contribution is -2.44. The van der Waals surface area contributed by atoms with E-state index in [1.54, 1.807) is 24.5 Å². The highest BCUT2D eigenvalue weighted by Gasteiger charge is 2.35. The number of hydrogen-bond acceptors (Lipinski definition) is 8. The van der Waals surface area contributed by atoms with Crippen molar-refractivity contribution in [3.63, 3.8) is 0 Å². The van der Waals surface area contributed by atoms with Crippen LogP contribution in [0.5, 0.6) is 0 Å². The molecule has 33 heavy (non-hydrogen) atoms. The van der Waals surface area contributed by atoms with E-state index in [9.17, 15) is 18.5 Å². The molecule has 3 rings (SSSR count). The number of aromatic amines is 1. The van der Waals surface area contributed by atoms with Crippen molar-refractivity contribution in [1.29, 1.82) is 0 Å². The first-order valence-electron chi connectivity index (χ1n) is 10.1. The molecule has 3 aromatic rings. The van der Waals surface area contributed by atoms with Crippen molar-refractivity contribution in [3.05, 3.63) is 52.3 Å². The van der Waals surface area contributed by atoms with Crippen LogP contribution in [0, 0.1) is 5.82 Å². The summed E-state index contributed by atoms with van der Waals surface area (Å²) in [6.45, 7) is 4.71. The van der Waals surface area contributed by atoms with Gasteiger partial charge in [0.05, 0.1) is 25.1 Å². The van der Waals surface area contributed by atoms with E-state index < -0.39 is 24.4 Å². The third-order valence-corrected chi connectivity index (χ3v) is 6.86. The maximum atomic E-state index is 13.5. The molecule has 0 bridgehead atoms. The van der Waals surface area contributed by atoms with Crippen molar-refractivity contribution in [2.24, 2.45) is 0 Å². The Morgan fingerprint density at radius 3 is 2.85 bits per heavy atom. The van der Waals surface area contributed by atoms with Crippen LogP contribution in [0.4, 0.5) is 10.3 Å². The molecule has 0 spiro atoms. The third-order valence-electron chi connectivity index (χ3n) is 4.89. The van der Waals surface area contributed by atoms with Crippen molar-refractivity contribution in [1.82, 2.24) is 24.6 Å². The van der Waals surface area contributed by atoms with Gasteiger partial charge in [-0.05, 0) is 38.5 Å². The summed E-state index contributed by atoms with van der Waals surface area (Å²) in [4.78, 5) is 34.3. The molecule has 0 aliphatic carbocycles. The fraction of sp³-hybridized carbons (Fsp3) is 0.400. The Labute approximate surface area is 189 Å². The molecule has 0 aliphatic rings. The van der Waals surface area contributed by atoms with Crippen molar-refractivity contribution >= 4 is 30.4 Å². The summed E-state index contributed by atoms with van der Waals surface area (Å²) in [6.07, 6.45) is 1.08. The fourth-order valence-corrected chi connectivity index (χ4v) is 4.83. The molecule has 0 saturated heterocycles. The highest BCUT2D eigenvalue weighted by atomic mass is 31.2. The van der Waals surface area contributed by atoms with Gasteiger partial charge in [0, 0.05) is 6.54 Å². The monoisotopic (exact) mass is 480 g/mol. The minimum absolute atomic E-state index is 0.0407. The van der Waals surface area contributed by atoms with Gasteiger partial charge < -0.3 is 19.6 Å². The Morgan fingerprint density at radius 2 is 2.15 bits per heavy atom. The number of halogens is 1. The highest BCUT2D eigenvalue weighted by molar-refractivity contribution is 7.56. The molecule has 1 unspecified atom stereocenters. The normalized spacial score (nSPS) is 13.8. The molecule has 11 nitrogen and oxygen atoms in total. The second-order valence-corrected chi connectivity index (χ2v) is 10.1. The van der Waals surface area contributed by atoms with E-state index in [1.807, 2.05) is 0 Å². The topological polar surface area (TPSA) is 154 Å². The number of rotatable bonds is 11. The van der Waals surface area contributed by atoms with Gasteiger partial charge in [-0.25, -0.2) is 14.5 Å². The van der Waals surface area contributed by atoms with Crippen LogP contribution in [0.2, 0.25) is 0 Å². The lowest BCUT2D eigenvalue weighted by atomic mass is 10.0. The first-order valence-corrected chi connectivity index (χ1v) is 11.9. The summed E-state index contributed by atoms with van der Waals surface area (Å²) in [7, 11) is -3.68. The number of nitrogen functional groups attached to an aromatic ring is 1. The number of aromatic nitrogens is 4. The number of ketones is 1. The molecule has 2 aromatic heterocycles. The lowest BCUT2D eigenvalue weighted by Gasteiger charge is -2.29. The van der Waals surface area contributed by atoms with Crippen LogP contribution in [0.1, 0.15) is 26.3 Å². The van der Waals surface area contributed by atoms with Gasteiger partial charge in [0.2, 0.25) is 5.95 Å². The fourth-order valence-electron chi connectivity index (χ4n) is 2.89. The molecule has 0 amide bonds. The lowest BCUT2D eigenvalue weighted by molar-refractivity contribution is -0.121. The quantitative estimate of drug-likeness (QED) is 0.277. The van der Waals surface area contributed by atoms with E-state index in [1.165, 1.54) is 31.5 Å². The van der Waals surface area contributed by atoms with Gasteiger partial charge in [-0.15, -0.1) is 0 Å². The molecule has 1 atom stereocenters. The first kappa shape index (κ1) is 24.7. The SMILES string of the molecule is CC(=O)C(C)(C)NP(=O)(COCCn1cnc2c(=O)[nH]c(N)nc21)OCc1cccc(F)c1. The number of carbonyl (C=O) groups is 1. The van der Waals surface area contributed by atoms with Crippen LogP contribution in [-0.2, 0) is 31.8 Å². The highest BCUT2D eigenvalue weighted by Crippen LogP contribution is 2.45. The summed E-state index contributed by atoms with van der Waals surface area (Å²) >= 11 is 0. The van der Waals surface area contributed by atoms with Gasteiger partial charge in [0.25, 0.3) is 13.1 Å². The van der Waals surface area contributed by atoms with Gasteiger partial charge in [-0.3, -0.25) is 19.1 Å². The van der Waals surface area contributed by atoms with Crippen molar-refractivity contribution in [3.8, 4) is 0 Å². The average Bonchev–Trinajstić information content (AvgIpc) is 3.12. The Hall–Kier alpha value is -2.92. The largest absolute Gasteiger partial charge is 0.369 e. The Morgan fingerprint density at radius 1 is 1.39 bits per heavy atom. The zero-order valence-electron chi connectivity index (χ0n) is 18.5. The smallest absolute Gasteiger partial charge is 0.296 e. The second kappa shape index (κ2) is 9.92. The van der Waals surface area contributed by atoms with Crippen molar-refractivity contribution < 1.29 is 23.0 Å². The maximum absolute atomic E-state index is 13.5. The summed E-state index contributed by atoms with van der Waals surface area (Å²) in [5.74, 6) is -0.725. The standard InChI is InChI=1S/C20H26FN6O5P/c1-13(28)20(2,3)26-33(30,32-10-14-5-4-6-15(21)9-14)12-31-8-7-27-11-23-16-17(27)24-19(22)25-18(16)29/h4-6,9,11H,7-8,10,12H2,1-3H3,(H,26,30)(H3,22,24,25,29). The van der Waals surface area contributed by atoms with Crippen LogP contribution >= 0.6 is 7.52 Å². The molecule has 0 radical (unpaired) electrons. The molecule has 4 N–H and O–H groups in total. The molecule has 2 heterocycles. The Kier molecular flexibility index (Phi) is 7.43. The van der Waals surface area contributed by atoms with Crippen LogP contribution in [0.15, 0.2) is 35.4 Å². The molecule has 0 saturated carbocycles. The summed E-state index contributed by atoms with van der Waals surface area (Å²) in [5, 5.41) is 2.76. The molecule has 178 valence electrons. The zero-order valence-corrected chi connectivity index (χ0v) is 19.4. The molecule has 0 aliphatic heterocycles. The maximum Gasteiger partial charge on any atom is 0.296 e. The summed E-state index contributed by atoms with van der Waals surface area (Å²) in [5.41, 5.74) is 4.91. The molecular formula is C20H26FN6O5P. The minimum atomic E-state index is -3.68. The number of imidazole rings is 1. The number of ether oxygens (including phenoxy) is 1. The van der Waals surface area contributed by atoms with Gasteiger partial charge in [-0.2, -0.15) is 4.98 Å². The number of benzene rings is 1. The van der Waals surface area contributed by atoms with E-state index in [0.717, 1.165) is 0 Å². The average molecular weight is 480 g/mol.